The van der Waals surface area contributed by atoms with Gasteiger partial charge in [0.15, 0.2) is 0 Å². The smallest absolute Gasteiger partial charge is 0.233 e. The molecule has 2 saturated heterocycles. The van der Waals surface area contributed by atoms with Crippen LogP contribution in [0, 0.1) is 11.8 Å². The van der Waals surface area contributed by atoms with Gasteiger partial charge in [-0.3, -0.25) is 19.3 Å². The molecule has 28 heavy (non-hydrogen) atoms. The lowest BCUT2D eigenvalue weighted by molar-refractivity contribution is -0.141. The number of para-hydroxylation sites is 1. The van der Waals surface area contributed by atoms with Gasteiger partial charge >= 0.3 is 0 Å². The van der Waals surface area contributed by atoms with Gasteiger partial charge in [0.25, 0.3) is 0 Å². The van der Waals surface area contributed by atoms with Crippen molar-refractivity contribution in [3.8, 4) is 0 Å². The zero-order valence-electron chi connectivity index (χ0n) is 16.1. The van der Waals surface area contributed by atoms with Crippen molar-refractivity contribution in [3.63, 3.8) is 0 Å². The fourth-order valence-electron chi connectivity index (χ4n) is 4.49. The average Bonchev–Trinajstić information content (AvgIpc) is 2.99. The second-order valence-electron chi connectivity index (χ2n) is 7.79. The van der Waals surface area contributed by atoms with Crippen LogP contribution in [-0.4, -0.2) is 60.2 Å². The summed E-state index contributed by atoms with van der Waals surface area (Å²) >= 11 is 0. The first-order valence-electron chi connectivity index (χ1n) is 10.2. The van der Waals surface area contributed by atoms with Crippen molar-refractivity contribution in [1.82, 2.24) is 9.80 Å². The summed E-state index contributed by atoms with van der Waals surface area (Å²) in [5.41, 5.74) is 1.19. The summed E-state index contributed by atoms with van der Waals surface area (Å²) in [5, 5.41) is 0. The fourth-order valence-corrected chi connectivity index (χ4v) is 4.49. The predicted molar refractivity (Wildman–Crippen MR) is 107 cm³/mol. The van der Waals surface area contributed by atoms with E-state index in [-0.39, 0.29) is 29.6 Å². The van der Waals surface area contributed by atoms with Crippen LogP contribution >= 0.6 is 0 Å². The monoisotopic (exact) mass is 381 g/mol. The van der Waals surface area contributed by atoms with Gasteiger partial charge in [-0.05, 0) is 31.4 Å². The number of anilines is 1. The third kappa shape index (κ3) is 3.68. The summed E-state index contributed by atoms with van der Waals surface area (Å²) in [5.74, 6) is -0.351. The normalized spacial score (nSPS) is 24.6. The highest BCUT2D eigenvalue weighted by molar-refractivity contribution is 6.05. The van der Waals surface area contributed by atoms with Gasteiger partial charge in [0, 0.05) is 44.8 Å². The van der Waals surface area contributed by atoms with E-state index in [1.165, 1.54) is 10.6 Å². The Hall–Kier alpha value is -2.63. The Balaban J connectivity index is 1.22. The second kappa shape index (κ2) is 8.17. The van der Waals surface area contributed by atoms with Crippen LogP contribution < -0.4 is 4.90 Å². The largest absolute Gasteiger partial charge is 0.368 e. The van der Waals surface area contributed by atoms with Gasteiger partial charge in [-0.15, -0.1) is 0 Å². The van der Waals surface area contributed by atoms with Gasteiger partial charge < -0.3 is 9.80 Å². The van der Waals surface area contributed by atoms with Crippen LogP contribution in [0.5, 0.6) is 0 Å². The van der Waals surface area contributed by atoms with Crippen LogP contribution in [0.4, 0.5) is 5.69 Å². The minimum atomic E-state index is -0.181. The maximum absolute atomic E-state index is 12.5. The summed E-state index contributed by atoms with van der Waals surface area (Å²) in [4.78, 5) is 43.1. The lowest BCUT2D eigenvalue weighted by Crippen LogP contribution is -2.48. The molecule has 0 aromatic heterocycles. The fraction of sp³-hybridized carbons (Fsp3) is 0.500. The second-order valence-corrected chi connectivity index (χ2v) is 7.79. The quantitative estimate of drug-likeness (QED) is 0.579. The Morgan fingerprint density at radius 1 is 0.893 bits per heavy atom. The minimum absolute atomic E-state index is 0.0525. The number of allylic oxidation sites excluding steroid dienone is 2. The maximum atomic E-state index is 12.5. The molecular weight excluding hydrogens is 354 g/mol. The Kier molecular flexibility index (Phi) is 5.46. The highest BCUT2D eigenvalue weighted by Gasteiger charge is 2.46. The van der Waals surface area contributed by atoms with Gasteiger partial charge in [-0.2, -0.15) is 0 Å². The highest BCUT2D eigenvalue weighted by Crippen LogP contribution is 2.35. The average molecular weight is 381 g/mol. The van der Waals surface area contributed by atoms with Crippen molar-refractivity contribution < 1.29 is 14.4 Å². The van der Waals surface area contributed by atoms with Crippen LogP contribution in [0.3, 0.4) is 0 Å². The molecule has 0 bridgehead atoms. The van der Waals surface area contributed by atoms with Crippen LogP contribution in [0.2, 0.25) is 0 Å². The van der Waals surface area contributed by atoms with E-state index >= 15 is 0 Å². The number of carbonyl (C=O) groups excluding carboxylic acids is 3. The van der Waals surface area contributed by atoms with E-state index in [1.807, 2.05) is 35.3 Å². The van der Waals surface area contributed by atoms with Crippen LogP contribution in [0.25, 0.3) is 0 Å². The first-order chi connectivity index (χ1) is 13.6. The molecule has 4 rings (SSSR count). The topological polar surface area (TPSA) is 60.9 Å². The molecule has 3 aliphatic rings. The Morgan fingerprint density at radius 3 is 2.11 bits per heavy atom. The molecule has 1 aromatic rings. The molecule has 0 spiro atoms. The van der Waals surface area contributed by atoms with Crippen molar-refractivity contribution >= 4 is 23.4 Å². The molecule has 6 nitrogen and oxygen atoms in total. The zero-order valence-corrected chi connectivity index (χ0v) is 16.1. The van der Waals surface area contributed by atoms with Gasteiger partial charge in [0.2, 0.25) is 17.7 Å². The first-order valence-corrected chi connectivity index (χ1v) is 10.2. The van der Waals surface area contributed by atoms with Crippen molar-refractivity contribution in [1.29, 1.82) is 0 Å². The number of benzene rings is 1. The summed E-state index contributed by atoms with van der Waals surface area (Å²) in [7, 11) is 0. The van der Waals surface area contributed by atoms with Gasteiger partial charge in [0.1, 0.15) is 0 Å². The molecule has 148 valence electrons. The maximum Gasteiger partial charge on any atom is 0.233 e. The standard InChI is InChI=1S/C22H27N3O3/c26-20(24-15-13-23(14-16-24)17-7-2-1-3-8-17)11-6-12-25-21(27)18-9-4-5-10-19(18)22(25)28/h1-5,7-8,18-19H,6,9-16H2/t18-,19+. The number of likely N-dealkylation sites (tertiary alicyclic amines) is 1. The first kappa shape index (κ1) is 18.7. The number of piperazine rings is 1. The molecule has 0 unspecified atom stereocenters. The number of imide groups is 1. The van der Waals surface area contributed by atoms with E-state index in [2.05, 4.69) is 17.0 Å². The molecule has 3 amide bonds. The Labute approximate surface area is 165 Å². The predicted octanol–water partition coefficient (Wildman–Crippen LogP) is 2.07. The molecule has 1 aliphatic carbocycles. The van der Waals surface area contributed by atoms with E-state index in [9.17, 15) is 14.4 Å². The van der Waals surface area contributed by atoms with E-state index in [1.54, 1.807) is 0 Å². The molecule has 0 saturated carbocycles. The molecule has 1 aromatic carbocycles. The highest BCUT2D eigenvalue weighted by atomic mass is 16.2. The molecule has 2 heterocycles. The van der Waals surface area contributed by atoms with Crippen LogP contribution in [0.1, 0.15) is 25.7 Å². The Morgan fingerprint density at radius 2 is 1.50 bits per heavy atom. The molecule has 0 radical (unpaired) electrons. The number of hydrogen-bond acceptors (Lipinski definition) is 4. The summed E-state index contributed by atoms with van der Waals surface area (Å²) < 4.78 is 0. The molecule has 2 atom stereocenters. The molecule has 6 heteroatoms. The number of rotatable bonds is 5. The number of carbonyl (C=O) groups is 3. The third-order valence-electron chi connectivity index (χ3n) is 6.12. The van der Waals surface area contributed by atoms with E-state index in [4.69, 9.17) is 0 Å². The zero-order chi connectivity index (χ0) is 19.5. The molecule has 2 aliphatic heterocycles. The van der Waals surface area contributed by atoms with Crippen LogP contribution in [0.15, 0.2) is 42.5 Å². The van der Waals surface area contributed by atoms with Gasteiger partial charge in [-0.25, -0.2) is 0 Å². The lowest BCUT2D eigenvalue weighted by atomic mass is 9.85. The van der Waals surface area contributed by atoms with Crippen molar-refractivity contribution in [2.24, 2.45) is 11.8 Å². The van der Waals surface area contributed by atoms with E-state index in [0.29, 0.717) is 45.3 Å². The van der Waals surface area contributed by atoms with E-state index in [0.717, 1.165) is 13.1 Å². The van der Waals surface area contributed by atoms with Crippen molar-refractivity contribution in [3.05, 3.63) is 42.5 Å². The number of fused-ring (bicyclic) bond motifs is 1. The SMILES string of the molecule is O=C(CCCN1C(=O)[C@H]2CC=CC[C@H]2C1=O)N1CCN(c2ccccc2)CC1. The lowest BCUT2D eigenvalue weighted by Gasteiger charge is -2.36. The number of amides is 3. The van der Waals surface area contributed by atoms with Gasteiger partial charge in [0.05, 0.1) is 11.8 Å². The summed E-state index contributed by atoms with van der Waals surface area (Å²) in [6.07, 6.45) is 6.24. The van der Waals surface area contributed by atoms with Gasteiger partial charge in [-0.1, -0.05) is 30.4 Å². The summed E-state index contributed by atoms with van der Waals surface area (Å²) in [6, 6.07) is 10.2. The minimum Gasteiger partial charge on any atom is -0.368 e. The number of nitrogens with zero attached hydrogens (tertiary/aromatic N) is 3. The third-order valence-corrected chi connectivity index (χ3v) is 6.12. The molecule has 0 N–H and O–H groups in total. The van der Waals surface area contributed by atoms with Crippen molar-refractivity contribution in [2.45, 2.75) is 25.7 Å². The Bertz CT molecular complexity index is 742. The van der Waals surface area contributed by atoms with Crippen LogP contribution in [-0.2, 0) is 14.4 Å². The number of hydrogen-bond donors (Lipinski definition) is 0. The van der Waals surface area contributed by atoms with E-state index < -0.39 is 0 Å². The molecular formula is C22H27N3O3. The van der Waals surface area contributed by atoms with Crippen molar-refractivity contribution in [2.75, 3.05) is 37.6 Å². The molecule has 2 fully saturated rings. The summed E-state index contributed by atoms with van der Waals surface area (Å²) in [6.45, 7) is 3.45.